The predicted octanol–water partition coefficient (Wildman–Crippen LogP) is 9.63. The number of unbranched alkanes of at least 4 members (excludes halogenated alkanes) is 21. The van der Waals surface area contributed by atoms with Crippen LogP contribution in [0.5, 0.6) is 0 Å². The van der Waals surface area contributed by atoms with E-state index in [0.717, 1.165) is 51.4 Å². The van der Waals surface area contributed by atoms with Crippen LogP contribution in [0.4, 0.5) is 0 Å². The monoisotopic (exact) mass is 1050 g/mol. The summed E-state index contributed by atoms with van der Waals surface area (Å²) in [4.78, 5) is 73.3. The lowest BCUT2D eigenvalue weighted by molar-refractivity contribution is -0.213. The summed E-state index contributed by atoms with van der Waals surface area (Å²) < 4.78 is 65.5. The molecule has 0 heterocycles. The Kier molecular flexibility index (Phi) is 36.9. The number of aliphatic hydroxyl groups is 3. The zero-order valence-electron chi connectivity index (χ0n) is 41.1. The molecule has 404 valence electrons. The van der Waals surface area contributed by atoms with Gasteiger partial charge in [0.2, 0.25) is 0 Å². The summed E-state index contributed by atoms with van der Waals surface area (Å²) in [5.74, 6) is -1.35. The quantitative estimate of drug-likeness (QED) is 0.0122. The van der Waals surface area contributed by atoms with Crippen molar-refractivity contribution >= 4 is 35.4 Å². The minimum absolute atomic E-state index is 0.00930. The van der Waals surface area contributed by atoms with E-state index in [1.54, 1.807) is 0 Å². The van der Waals surface area contributed by atoms with Crippen LogP contribution in [0.3, 0.4) is 0 Å². The molecule has 22 heteroatoms. The number of esters is 2. The van der Waals surface area contributed by atoms with Crippen LogP contribution >= 0.6 is 23.5 Å². The van der Waals surface area contributed by atoms with Gasteiger partial charge >= 0.3 is 35.4 Å². The van der Waals surface area contributed by atoms with Crippen LogP contribution in [0.2, 0.25) is 0 Å². The van der Waals surface area contributed by atoms with Gasteiger partial charge in [-0.3, -0.25) is 27.7 Å². The highest BCUT2D eigenvalue weighted by Gasteiger charge is 2.56. The number of carbonyl (C=O) groups excluding carboxylic acids is 2. The number of phosphoric acid groups is 3. The molecule has 19 nitrogen and oxygen atoms in total. The van der Waals surface area contributed by atoms with Gasteiger partial charge in [-0.2, -0.15) is 0 Å². The number of hydrogen-bond acceptors (Lipinski definition) is 14. The van der Waals surface area contributed by atoms with Gasteiger partial charge < -0.3 is 49.3 Å². The van der Waals surface area contributed by atoms with E-state index in [1.807, 2.05) is 12.2 Å². The van der Waals surface area contributed by atoms with E-state index in [9.17, 15) is 63.1 Å². The van der Waals surface area contributed by atoms with Crippen molar-refractivity contribution in [3.63, 3.8) is 0 Å². The predicted molar refractivity (Wildman–Crippen MR) is 261 cm³/mol. The molecule has 5 unspecified atom stereocenters. The van der Waals surface area contributed by atoms with Crippen molar-refractivity contribution in [3.8, 4) is 0 Å². The van der Waals surface area contributed by atoms with Crippen LogP contribution in [0.1, 0.15) is 194 Å². The van der Waals surface area contributed by atoms with E-state index in [0.29, 0.717) is 19.3 Å². The van der Waals surface area contributed by atoms with E-state index in [4.69, 9.17) is 18.5 Å². The zero-order chi connectivity index (χ0) is 51.4. The summed E-state index contributed by atoms with van der Waals surface area (Å²) >= 11 is 0. The number of aliphatic hydroxyl groups excluding tert-OH is 3. The van der Waals surface area contributed by atoms with Gasteiger partial charge in [-0.05, 0) is 44.9 Å². The summed E-state index contributed by atoms with van der Waals surface area (Å²) in [5, 5.41) is 31.9. The van der Waals surface area contributed by atoms with Crippen molar-refractivity contribution in [3.05, 3.63) is 36.5 Å². The fraction of sp³-hybridized carbons (Fsp3) is 0.830. The average molecular weight is 1050 g/mol. The van der Waals surface area contributed by atoms with Gasteiger partial charge in [0, 0.05) is 12.8 Å². The lowest BCUT2D eigenvalue weighted by atomic mass is 9.85. The van der Waals surface area contributed by atoms with Crippen LogP contribution in [-0.2, 0) is 50.9 Å². The van der Waals surface area contributed by atoms with Gasteiger partial charge in [0.05, 0.1) is 6.61 Å². The van der Waals surface area contributed by atoms with Crippen LogP contribution in [0.15, 0.2) is 36.5 Å². The summed E-state index contributed by atoms with van der Waals surface area (Å²) in [6.07, 6.45) is 24.5. The first-order valence-electron chi connectivity index (χ1n) is 25.3. The van der Waals surface area contributed by atoms with E-state index in [-0.39, 0.29) is 12.8 Å². The Bertz CT molecular complexity index is 1580. The molecule has 1 saturated carbocycles. The summed E-state index contributed by atoms with van der Waals surface area (Å²) in [7, 11) is -16.6. The van der Waals surface area contributed by atoms with Gasteiger partial charge in [0.25, 0.3) is 0 Å². The highest BCUT2D eigenvalue weighted by atomic mass is 31.2. The maximum Gasteiger partial charge on any atom is 0.472 e. The maximum atomic E-state index is 13.1. The van der Waals surface area contributed by atoms with Gasteiger partial charge in [-0.1, -0.05) is 172 Å². The molecule has 0 aromatic carbocycles. The molecule has 8 atom stereocenters. The second-order valence-corrected chi connectivity index (χ2v) is 21.5. The molecule has 0 amide bonds. The molecule has 0 aliphatic heterocycles. The van der Waals surface area contributed by atoms with Crippen molar-refractivity contribution in [2.75, 3.05) is 13.2 Å². The van der Waals surface area contributed by atoms with Gasteiger partial charge in [0.15, 0.2) is 6.10 Å². The number of rotatable bonds is 43. The molecule has 1 aliphatic carbocycles. The van der Waals surface area contributed by atoms with Crippen molar-refractivity contribution < 1.29 is 90.6 Å². The van der Waals surface area contributed by atoms with Gasteiger partial charge in [-0.25, -0.2) is 13.7 Å². The Morgan fingerprint density at radius 1 is 0.464 bits per heavy atom. The number of carbonyl (C=O) groups is 2. The van der Waals surface area contributed by atoms with Gasteiger partial charge in [-0.15, -0.1) is 0 Å². The SMILES string of the molecule is CCCCCCCCC=CCC=CCC=CCCCC(=O)OC[C@H](COP(=O)(O)O[C@H]1C(O)C(O)C(OP(=O)(O)O)[C@@H](OP(=O)(O)O)C1O)OC(=O)CCCCCCCCCCCCCCCCC. The first kappa shape index (κ1) is 65.4. The number of allylic oxidation sites excluding steroid dienone is 6. The molecule has 0 aromatic rings. The van der Waals surface area contributed by atoms with E-state index >= 15 is 0 Å². The molecule has 1 fully saturated rings. The molecule has 0 aromatic heterocycles. The lowest BCUT2D eigenvalue weighted by Gasteiger charge is -2.44. The molecule has 8 N–H and O–H groups in total. The molecule has 0 saturated heterocycles. The minimum atomic E-state index is -5.61. The Morgan fingerprint density at radius 3 is 1.33 bits per heavy atom. The Morgan fingerprint density at radius 2 is 0.855 bits per heavy atom. The Labute approximate surface area is 410 Å². The highest BCUT2D eigenvalue weighted by molar-refractivity contribution is 7.47. The third kappa shape index (κ3) is 35.2. The van der Waals surface area contributed by atoms with Crippen LogP contribution in [0, 0.1) is 0 Å². The second kappa shape index (κ2) is 38.9. The van der Waals surface area contributed by atoms with Gasteiger partial charge in [0.1, 0.15) is 43.2 Å². The maximum absolute atomic E-state index is 13.1. The lowest BCUT2D eigenvalue weighted by Crippen LogP contribution is -2.65. The van der Waals surface area contributed by atoms with Crippen LogP contribution in [-0.4, -0.2) is 108 Å². The first-order chi connectivity index (χ1) is 32.8. The third-order valence-corrected chi connectivity index (χ3v) is 13.5. The number of hydrogen-bond donors (Lipinski definition) is 8. The van der Waals surface area contributed by atoms with Crippen molar-refractivity contribution in [1.82, 2.24) is 0 Å². The highest BCUT2D eigenvalue weighted by Crippen LogP contribution is 2.51. The average Bonchev–Trinajstić information content (AvgIpc) is 3.28. The smallest absolute Gasteiger partial charge is 0.462 e. The molecule has 0 bridgehead atoms. The normalized spacial score (nSPS) is 21.6. The summed E-state index contributed by atoms with van der Waals surface area (Å²) in [5.41, 5.74) is 0. The fourth-order valence-corrected chi connectivity index (χ4v) is 9.75. The summed E-state index contributed by atoms with van der Waals surface area (Å²) in [6, 6.07) is 0. The first-order valence-corrected chi connectivity index (χ1v) is 29.8. The van der Waals surface area contributed by atoms with Crippen molar-refractivity contribution in [2.24, 2.45) is 0 Å². The van der Waals surface area contributed by atoms with E-state index < -0.39 is 91.3 Å². The van der Waals surface area contributed by atoms with Crippen molar-refractivity contribution in [2.45, 2.75) is 236 Å². The van der Waals surface area contributed by atoms with Crippen LogP contribution in [0.25, 0.3) is 0 Å². The molecule has 69 heavy (non-hydrogen) atoms. The Balaban J connectivity index is 2.73. The largest absolute Gasteiger partial charge is 0.472 e. The molecule has 0 radical (unpaired) electrons. The summed E-state index contributed by atoms with van der Waals surface area (Å²) in [6.45, 7) is 2.91. The zero-order valence-corrected chi connectivity index (χ0v) is 43.8. The fourth-order valence-electron chi connectivity index (χ4n) is 7.66. The molecule has 1 aliphatic rings. The van der Waals surface area contributed by atoms with E-state index in [1.165, 1.54) is 96.3 Å². The molecular weight excluding hydrogens is 961 g/mol. The Hall–Kier alpha value is -1.63. The molecular formula is C47H87O19P3. The molecule has 0 spiro atoms. The van der Waals surface area contributed by atoms with Crippen LogP contribution < -0.4 is 0 Å². The van der Waals surface area contributed by atoms with Crippen molar-refractivity contribution in [1.29, 1.82) is 0 Å². The molecule has 1 rings (SSSR count). The standard InChI is InChI=1S/C47H87O19P3/c1-3-5-7-9-11-13-15-17-19-20-22-23-25-27-29-31-33-35-40(48)61-37-39(63-41(49)36-34-32-30-28-26-24-21-18-16-14-12-10-8-6-4-2)38-62-69(59,60)66-45-42(50)43(51)46(64-67(53,54)55)47(44(45)52)65-68(56,57)58/h17,19,22-23,27,29,39,42-47,50-52H,3-16,18,20-21,24-26,28,30-38H2,1-2H3,(H,59,60)(H2,53,54,55)(H2,56,57,58)/t39-,42?,43?,44?,45+,46?,47+/m1/s1. The number of ether oxygens (including phenoxy) is 2. The topological polar surface area (TPSA) is 303 Å². The minimum Gasteiger partial charge on any atom is -0.462 e. The number of phosphoric ester groups is 3. The van der Waals surface area contributed by atoms with E-state index in [2.05, 4.69) is 47.2 Å². The second-order valence-electron chi connectivity index (χ2n) is 17.8. The third-order valence-electron chi connectivity index (χ3n) is 11.4.